The molecule has 0 aliphatic carbocycles. The fourth-order valence-electron chi connectivity index (χ4n) is 2.02. The van der Waals surface area contributed by atoms with Gasteiger partial charge in [0, 0.05) is 5.56 Å². The molecule has 0 saturated carbocycles. The first-order chi connectivity index (χ1) is 8.88. The number of nitrogens with zero attached hydrogens (tertiary/aromatic N) is 1. The Morgan fingerprint density at radius 1 is 1.06 bits per heavy atom. The number of methoxy groups -OCH3 is 1. The van der Waals surface area contributed by atoms with E-state index in [0.29, 0.717) is 0 Å². The third-order valence-corrected chi connectivity index (χ3v) is 2.91. The minimum Gasteiger partial charge on any atom is -0.496 e. The van der Waals surface area contributed by atoms with Crippen molar-refractivity contribution < 1.29 is 9.47 Å². The molecular weight excluding hydrogens is 226 g/mol. The van der Waals surface area contributed by atoms with Crippen LogP contribution in [0.4, 0.5) is 5.69 Å². The summed E-state index contributed by atoms with van der Waals surface area (Å²) in [6.45, 7) is 0. The number of fused-ring (bicyclic) bond motifs is 1. The van der Waals surface area contributed by atoms with E-state index in [1.165, 1.54) is 0 Å². The van der Waals surface area contributed by atoms with Crippen LogP contribution in [0.15, 0.2) is 53.5 Å². The molecule has 3 nitrogen and oxygen atoms in total. The van der Waals surface area contributed by atoms with Crippen LogP contribution < -0.4 is 9.47 Å². The van der Waals surface area contributed by atoms with Crippen molar-refractivity contribution in [2.24, 2.45) is 4.99 Å². The average Bonchev–Trinajstić information content (AvgIpc) is 2.46. The quantitative estimate of drug-likeness (QED) is 0.802. The highest BCUT2D eigenvalue weighted by Gasteiger charge is 2.20. The summed E-state index contributed by atoms with van der Waals surface area (Å²) in [6.07, 6.45) is 1.61. The second-order valence-corrected chi connectivity index (χ2v) is 4.03. The normalized spacial score (nSPS) is 16.8. The van der Waals surface area contributed by atoms with Crippen LogP contribution in [0.2, 0.25) is 0 Å². The summed E-state index contributed by atoms with van der Waals surface area (Å²) in [5, 5.41) is 0. The molecule has 1 aliphatic rings. The number of rotatable bonds is 2. The molecule has 0 spiro atoms. The lowest BCUT2D eigenvalue weighted by atomic mass is 10.1. The number of para-hydroxylation sites is 3. The first kappa shape index (κ1) is 10.8. The third kappa shape index (κ3) is 1.84. The largest absolute Gasteiger partial charge is 0.496 e. The second kappa shape index (κ2) is 4.53. The predicted molar refractivity (Wildman–Crippen MR) is 71.0 cm³/mol. The molecule has 0 bridgehead atoms. The van der Waals surface area contributed by atoms with Crippen molar-refractivity contribution in [2.75, 3.05) is 7.11 Å². The molecule has 0 radical (unpaired) electrons. The molecule has 1 heterocycles. The lowest BCUT2D eigenvalue weighted by Crippen LogP contribution is -2.13. The number of hydrogen-bond donors (Lipinski definition) is 0. The van der Waals surface area contributed by atoms with Crippen LogP contribution >= 0.6 is 0 Å². The minimum atomic E-state index is -0.198. The Balaban J connectivity index is 1.97. The number of aliphatic imine (C=N–C) groups is 1. The van der Waals surface area contributed by atoms with Crippen LogP contribution in [0.1, 0.15) is 11.7 Å². The van der Waals surface area contributed by atoms with Crippen molar-refractivity contribution >= 4 is 11.9 Å². The summed E-state index contributed by atoms with van der Waals surface area (Å²) in [5.41, 5.74) is 1.85. The molecule has 90 valence electrons. The summed E-state index contributed by atoms with van der Waals surface area (Å²) in [7, 11) is 1.66. The highest BCUT2D eigenvalue weighted by molar-refractivity contribution is 5.76. The van der Waals surface area contributed by atoms with Crippen molar-refractivity contribution in [3.63, 3.8) is 0 Å². The molecule has 0 fully saturated rings. The Labute approximate surface area is 106 Å². The van der Waals surface area contributed by atoms with E-state index < -0.39 is 0 Å². The zero-order valence-electron chi connectivity index (χ0n) is 10.0. The monoisotopic (exact) mass is 239 g/mol. The molecule has 0 amide bonds. The number of benzene rings is 2. The van der Waals surface area contributed by atoms with E-state index in [9.17, 15) is 0 Å². The van der Waals surface area contributed by atoms with Crippen molar-refractivity contribution in [1.29, 1.82) is 0 Å². The molecule has 1 unspecified atom stereocenters. The van der Waals surface area contributed by atoms with Gasteiger partial charge in [-0.1, -0.05) is 30.3 Å². The highest BCUT2D eigenvalue weighted by atomic mass is 16.5. The van der Waals surface area contributed by atoms with Crippen molar-refractivity contribution in [3.8, 4) is 11.5 Å². The van der Waals surface area contributed by atoms with Gasteiger partial charge in [0.05, 0.1) is 13.3 Å². The average molecular weight is 239 g/mol. The van der Waals surface area contributed by atoms with Gasteiger partial charge < -0.3 is 9.47 Å². The molecule has 0 saturated heterocycles. The molecule has 3 rings (SSSR count). The molecular formula is C15H13NO2. The van der Waals surface area contributed by atoms with Crippen molar-refractivity contribution in [1.82, 2.24) is 0 Å². The fourth-order valence-corrected chi connectivity index (χ4v) is 2.02. The Hall–Kier alpha value is -2.29. The summed E-state index contributed by atoms with van der Waals surface area (Å²) >= 11 is 0. The summed E-state index contributed by atoms with van der Waals surface area (Å²) in [5.74, 6) is 1.62. The van der Waals surface area contributed by atoms with E-state index in [1.807, 2.05) is 48.5 Å². The maximum atomic E-state index is 5.93. The van der Waals surface area contributed by atoms with Crippen LogP contribution in [-0.4, -0.2) is 13.3 Å². The fraction of sp³-hybridized carbons (Fsp3) is 0.133. The van der Waals surface area contributed by atoms with Gasteiger partial charge >= 0.3 is 0 Å². The van der Waals surface area contributed by atoms with Crippen LogP contribution in [-0.2, 0) is 0 Å². The maximum Gasteiger partial charge on any atom is 0.163 e. The first-order valence-corrected chi connectivity index (χ1v) is 5.81. The summed E-state index contributed by atoms with van der Waals surface area (Å²) in [4.78, 5) is 4.42. The Morgan fingerprint density at radius 3 is 2.72 bits per heavy atom. The van der Waals surface area contributed by atoms with Crippen LogP contribution in [0.3, 0.4) is 0 Å². The SMILES string of the molecule is COc1ccccc1C1C=Nc2ccccc2O1. The maximum absolute atomic E-state index is 5.93. The third-order valence-electron chi connectivity index (χ3n) is 2.91. The molecule has 1 atom stereocenters. The predicted octanol–water partition coefficient (Wildman–Crippen LogP) is 3.53. The van der Waals surface area contributed by atoms with Gasteiger partial charge in [-0.15, -0.1) is 0 Å². The van der Waals surface area contributed by atoms with E-state index in [0.717, 1.165) is 22.7 Å². The smallest absolute Gasteiger partial charge is 0.163 e. The van der Waals surface area contributed by atoms with E-state index >= 15 is 0 Å². The van der Waals surface area contributed by atoms with Crippen molar-refractivity contribution in [2.45, 2.75) is 6.10 Å². The standard InChI is InChI=1S/C15H13NO2/c1-17-13-8-4-2-6-11(13)15-10-16-12-7-3-5-9-14(12)18-15/h2-10,15H,1H3. The molecule has 0 N–H and O–H groups in total. The zero-order valence-corrected chi connectivity index (χ0v) is 10.0. The van der Waals surface area contributed by atoms with Crippen LogP contribution in [0, 0.1) is 0 Å². The van der Waals surface area contributed by atoms with Gasteiger partial charge in [0.1, 0.15) is 17.2 Å². The highest BCUT2D eigenvalue weighted by Crippen LogP contribution is 2.36. The Kier molecular flexibility index (Phi) is 2.73. The molecule has 0 aromatic heterocycles. The molecule has 2 aromatic carbocycles. The summed E-state index contributed by atoms with van der Waals surface area (Å²) in [6, 6.07) is 15.6. The lowest BCUT2D eigenvalue weighted by molar-refractivity contribution is 0.267. The van der Waals surface area contributed by atoms with Crippen LogP contribution in [0.25, 0.3) is 0 Å². The van der Waals surface area contributed by atoms with Crippen molar-refractivity contribution in [3.05, 3.63) is 54.1 Å². The minimum absolute atomic E-state index is 0.198. The molecule has 2 aromatic rings. The second-order valence-electron chi connectivity index (χ2n) is 4.03. The molecule has 18 heavy (non-hydrogen) atoms. The van der Waals surface area contributed by atoms with Gasteiger partial charge in [-0.2, -0.15) is 0 Å². The van der Waals surface area contributed by atoms with Gasteiger partial charge in [0.2, 0.25) is 0 Å². The Bertz CT molecular complexity index is 593. The van der Waals surface area contributed by atoms with Gasteiger partial charge in [-0.05, 0) is 18.2 Å². The van der Waals surface area contributed by atoms with Gasteiger partial charge in [-0.25, -0.2) is 0 Å². The topological polar surface area (TPSA) is 30.8 Å². The molecule has 1 aliphatic heterocycles. The number of hydrogen-bond acceptors (Lipinski definition) is 3. The van der Waals surface area contributed by atoms with E-state index in [1.54, 1.807) is 13.3 Å². The zero-order chi connectivity index (χ0) is 12.4. The number of ether oxygens (including phenoxy) is 2. The van der Waals surface area contributed by atoms with Crippen LogP contribution in [0.5, 0.6) is 11.5 Å². The molecule has 3 heteroatoms. The van der Waals surface area contributed by atoms with E-state index in [2.05, 4.69) is 4.99 Å². The van der Waals surface area contributed by atoms with E-state index in [4.69, 9.17) is 9.47 Å². The summed E-state index contributed by atoms with van der Waals surface area (Å²) < 4.78 is 11.3. The lowest BCUT2D eigenvalue weighted by Gasteiger charge is -2.22. The first-order valence-electron chi connectivity index (χ1n) is 5.81. The van der Waals surface area contributed by atoms with E-state index in [-0.39, 0.29) is 6.10 Å². The van der Waals surface area contributed by atoms with Gasteiger partial charge in [-0.3, -0.25) is 4.99 Å². The van der Waals surface area contributed by atoms with Gasteiger partial charge in [0.15, 0.2) is 6.10 Å². The Morgan fingerprint density at radius 2 is 1.83 bits per heavy atom. The van der Waals surface area contributed by atoms with Gasteiger partial charge in [0.25, 0.3) is 0 Å².